The summed E-state index contributed by atoms with van der Waals surface area (Å²) >= 11 is 13.3. The first-order valence-corrected chi connectivity index (χ1v) is 25.0. The quantitative estimate of drug-likeness (QED) is 0.0404. The maximum absolute atomic E-state index is 16.8. The number of phenols is 1. The summed E-state index contributed by atoms with van der Waals surface area (Å²) in [5.74, 6) is -0.590. The molecule has 0 bridgehead atoms. The average molecular weight is 991 g/mol. The standard InChI is InChI=1S/C51H52Cl2FN9O5.C2H6/c52-34-22-30(23-35(25-34)58-51(68)57-28-31-12-13-38-33(21-31)29-63(49(38)67)42-14-15-43(65)59-48(42)66)9-5-3-1-2-4-8-16-56-50-60-46-40(47(61-50)62-19-17-55-18-20-62)27-41(53)44(45(46)54)39-26-36(64)24-32-10-6-7-11-37(32)39;1-2/h6-7,10-13,21-27,42,55,64H,1-5,8-9,14-20,28-29H2,(H,56,60,61)(H2,57,58,68)(H,59,65,66);1-2H3. The molecule has 2 saturated heterocycles. The van der Waals surface area contributed by atoms with Gasteiger partial charge in [0.2, 0.25) is 17.8 Å². The van der Waals surface area contributed by atoms with Crippen molar-refractivity contribution >= 4 is 86.1 Å². The molecule has 0 radical (unpaired) electrons. The fraction of sp³-hybridized carbons (Fsp3) is 0.358. The molecule has 1 unspecified atom stereocenters. The lowest BCUT2D eigenvalue weighted by atomic mass is 9.96. The van der Waals surface area contributed by atoms with Gasteiger partial charge in [-0.1, -0.05) is 99.1 Å². The largest absolute Gasteiger partial charge is 0.508 e. The van der Waals surface area contributed by atoms with Crippen LogP contribution < -0.4 is 31.5 Å². The van der Waals surface area contributed by atoms with E-state index in [2.05, 4.69) is 31.5 Å². The van der Waals surface area contributed by atoms with Crippen molar-refractivity contribution in [1.82, 2.24) is 30.8 Å². The van der Waals surface area contributed by atoms with Gasteiger partial charge in [0.25, 0.3) is 5.91 Å². The van der Waals surface area contributed by atoms with Gasteiger partial charge in [-0.2, -0.15) is 4.98 Å². The zero-order valence-corrected chi connectivity index (χ0v) is 40.9. The van der Waals surface area contributed by atoms with E-state index in [0.29, 0.717) is 65.0 Å². The molecule has 5 aromatic carbocycles. The van der Waals surface area contributed by atoms with E-state index in [1.54, 1.807) is 36.4 Å². The molecular weight excluding hydrogens is 933 g/mol. The van der Waals surface area contributed by atoms with Crippen LogP contribution >= 0.6 is 23.2 Å². The molecule has 1 aromatic heterocycles. The molecule has 9 rings (SSSR count). The molecule has 366 valence electrons. The summed E-state index contributed by atoms with van der Waals surface area (Å²) in [7, 11) is 0. The number of halogens is 3. The summed E-state index contributed by atoms with van der Waals surface area (Å²) in [5, 5.41) is 28.2. The maximum atomic E-state index is 16.8. The van der Waals surface area contributed by atoms with E-state index in [4.69, 9.17) is 33.2 Å². The number of imide groups is 1. The van der Waals surface area contributed by atoms with E-state index in [1.165, 1.54) is 4.90 Å². The van der Waals surface area contributed by atoms with Crippen LogP contribution in [-0.2, 0) is 29.1 Å². The summed E-state index contributed by atoms with van der Waals surface area (Å²) in [5.41, 5.74) is 4.55. The van der Waals surface area contributed by atoms with Gasteiger partial charge < -0.3 is 36.2 Å². The number of unbranched alkanes of at least 4 members (excludes halogenated alkanes) is 5. The SMILES string of the molecule is CC.O=C1CCC(N2Cc3cc(CNC(=O)Nc4cc(Cl)cc(CCCCCCCCNc5nc(N6CCNCC6)c6cc(Cl)c(-c7cc(O)cc8ccccc78)c(F)c6n5)c4)ccc3C2=O)C(=O)N1. The topological polar surface area (TPSA) is 181 Å². The Balaban J connectivity index is 0.00000325. The number of nitrogens with zero attached hydrogens (tertiary/aromatic N) is 4. The van der Waals surface area contributed by atoms with Crippen LogP contribution in [0.4, 0.5) is 26.6 Å². The molecule has 0 spiro atoms. The molecule has 3 aliphatic rings. The minimum atomic E-state index is -0.687. The van der Waals surface area contributed by atoms with Crippen LogP contribution in [0.2, 0.25) is 10.0 Å². The summed E-state index contributed by atoms with van der Waals surface area (Å²) in [6.45, 7) is 8.07. The number of amides is 5. The lowest BCUT2D eigenvalue weighted by Gasteiger charge is -2.29. The highest BCUT2D eigenvalue weighted by molar-refractivity contribution is 6.35. The number of anilines is 3. The monoisotopic (exact) mass is 989 g/mol. The Hall–Kier alpha value is -6.55. The number of hydrogen-bond donors (Lipinski definition) is 6. The first kappa shape index (κ1) is 49.9. The van der Waals surface area contributed by atoms with Crippen molar-refractivity contribution in [3.8, 4) is 16.9 Å². The number of phenolic OH excluding ortho intramolecular Hbond substituents is 1. The summed E-state index contributed by atoms with van der Waals surface area (Å²) in [6.07, 6.45) is 7.25. The lowest BCUT2D eigenvalue weighted by Crippen LogP contribution is -2.52. The van der Waals surface area contributed by atoms with Crippen LogP contribution in [0.25, 0.3) is 32.8 Å². The molecule has 0 aliphatic carbocycles. The number of piperazine rings is 1. The van der Waals surface area contributed by atoms with Crippen molar-refractivity contribution in [1.29, 1.82) is 0 Å². The van der Waals surface area contributed by atoms with Gasteiger partial charge in [0, 0.05) is 79.5 Å². The highest BCUT2D eigenvalue weighted by Crippen LogP contribution is 2.42. The molecule has 6 aromatic rings. The van der Waals surface area contributed by atoms with E-state index in [9.17, 15) is 24.3 Å². The normalized spacial score (nSPS) is 15.7. The van der Waals surface area contributed by atoms with E-state index in [1.807, 2.05) is 56.3 Å². The van der Waals surface area contributed by atoms with Crippen molar-refractivity contribution in [2.24, 2.45) is 0 Å². The van der Waals surface area contributed by atoms with Crippen molar-refractivity contribution in [3.05, 3.63) is 117 Å². The van der Waals surface area contributed by atoms with Gasteiger partial charge in [0.05, 0.1) is 5.02 Å². The number of benzene rings is 5. The van der Waals surface area contributed by atoms with E-state index >= 15 is 4.39 Å². The molecular formula is C53H58Cl2FN9O5. The van der Waals surface area contributed by atoms with Gasteiger partial charge in [-0.15, -0.1) is 0 Å². The Morgan fingerprint density at radius 2 is 1.63 bits per heavy atom. The minimum absolute atomic E-state index is 0.0182. The minimum Gasteiger partial charge on any atom is -0.508 e. The third-order valence-electron chi connectivity index (χ3n) is 12.8. The third-order valence-corrected chi connectivity index (χ3v) is 13.3. The van der Waals surface area contributed by atoms with Crippen molar-refractivity contribution in [2.75, 3.05) is 48.3 Å². The number of urea groups is 1. The number of carbonyl (C=O) groups is 4. The van der Waals surface area contributed by atoms with Crippen LogP contribution in [0, 0.1) is 5.82 Å². The number of carbonyl (C=O) groups excluding carboxylic acids is 4. The molecule has 14 nitrogen and oxygen atoms in total. The molecule has 0 saturated carbocycles. The summed E-state index contributed by atoms with van der Waals surface area (Å²) in [4.78, 5) is 63.2. The van der Waals surface area contributed by atoms with Gasteiger partial charge in [-0.25, -0.2) is 14.2 Å². The highest BCUT2D eigenvalue weighted by Gasteiger charge is 2.39. The molecule has 2 fully saturated rings. The highest BCUT2D eigenvalue weighted by atomic mass is 35.5. The van der Waals surface area contributed by atoms with E-state index in [0.717, 1.165) is 85.5 Å². The average Bonchev–Trinajstić information content (AvgIpc) is 3.67. The van der Waals surface area contributed by atoms with Gasteiger partial charge in [-0.3, -0.25) is 19.7 Å². The van der Waals surface area contributed by atoms with Crippen molar-refractivity contribution in [2.45, 2.75) is 90.8 Å². The summed E-state index contributed by atoms with van der Waals surface area (Å²) < 4.78 is 16.8. The number of hydrogen-bond acceptors (Lipinski definition) is 10. The fourth-order valence-electron chi connectivity index (χ4n) is 9.45. The predicted molar refractivity (Wildman–Crippen MR) is 275 cm³/mol. The zero-order valence-electron chi connectivity index (χ0n) is 39.4. The zero-order chi connectivity index (χ0) is 49.3. The van der Waals surface area contributed by atoms with Crippen LogP contribution in [0.3, 0.4) is 0 Å². The van der Waals surface area contributed by atoms with Gasteiger partial charge in [0.15, 0.2) is 5.82 Å². The second-order valence-corrected chi connectivity index (χ2v) is 18.5. The fourth-order valence-corrected chi connectivity index (χ4v) is 10.0. The van der Waals surface area contributed by atoms with Gasteiger partial charge in [-0.05, 0) is 101 Å². The molecule has 6 N–H and O–H groups in total. The third kappa shape index (κ3) is 11.5. The number of aromatic hydroxyl groups is 1. The maximum Gasteiger partial charge on any atom is 0.319 e. The second-order valence-electron chi connectivity index (χ2n) is 17.6. The van der Waals surface area contributed by atoms with Crippen LogP contribution in [0.15, 0.2) is 78.9 Å². The Bertz CT molecular complexity index is 2930. The molecule has 4 heterocycles. The first-order valence-electron chi connectivity index (χ1n) is 24.2. The Kier molecular flexibility index (Phi) is 16.3. The molecule has 1 atom stereocenters. The van der Waals surface area contributed by atoms with E-state index in [-0.39, 0.29) is 53.2 Å². The Morgan fingerprint density at radius 1 is 0.857 bits per heavy atom. The molecule has 17 heteroatoms. The van der Waals surface area contributed by atoms with Crippen LogP contribution in [0.5, 0.6) is 5.75 Å². The Labute approximate surface area is 416 Å². The Morgan fingerprint density at radius 3 is 2.43 bits per heavy atom. The smallest absolute Gasteiger partial charge is 0.319 e. The van der Waals surface area contributed by atoms with E-state index < -0.39 is 23.8 Å². The number of aromatic nitrogens is 2. The molecule has 70 heavy (non-hydrogen) atoms. The number of nitrogens with one attached hydrogen (secondary N) is 5. The van der Waals surface area contributed by atoms with Gasteiger partial charge in [0.1, 0.15) is 23.1 Å². The first-order chi connectivity index (χ1) is 34.0. The summed E-state index contributed by atoms with van der Waals surface area (Å²) in [6, 6.07) is 22.2. The number of fused-ring (bicyclic) bond motifs is 3. The van der Waals surface area contributed by atoms with Crippen LogP contribution in [0.1, 0.15) is 92.3 Å². The van der Waals surface area contributed by atoms with Crippen LogP contribution in [-0.4, -0.2) is 82.5 Å². The number of aryl methyl sites for hydroxylation is 1. The van der Waals surface area contributed by atoms with Crippen molar-refractivity contribution in [3.63, 3.8) is 0 Å². The molecule has 5 amide bonds. The van der Waals surface area contributed by atoms with Crippen molar-refractivity contribution < 1.29 is 28.7 Å². The number of piperidine rings is 1. The molecule has 3 aliphatic heterocycles. The predicted octanol–water partition coefficient (Wildman–Crippen LogP) is 10.1. The number of rotatable bonds is 16. The second kappa shape index (κ2) is 22.9. The van der Waals surface area contributed by atoms with Gasteiger partial charge >= 0.3 is 6.03 Å². The lowest BCUT2D eigenvalue weighted by molar-refractivity contribution is -0.136.